The highest BCUT2D eigenvalue weighted by molar-refractivity contribution is 7.19. The van der Waals surface area contributed by atoms with Crippen molar-refractivity contribution in [2.45, 2.75) is 13.5 Å². The van der Waals surface area contributed by atoms with Crippen LogP contribution in [0.4, 0.5) is 10.1 Å². The van der Waals surface area contributed by atoms with E-state index >= 15 is 0 Å². The molecule has 0 radical (unpaired) electrons. The maximum Gasteiger partial charge on any atom is 0.270 e. The van der Waals surface area contributed by atoms with E-state index in [9.17, 15) is 9.18 Å². The van der Waals surface area contributed by atoms with Gasteiger partial charge in [-0.25, -0.2) is 9.37 Å². The van der Waals surface area contributed by atoms with Gasteiger partial charge in [0.05, 0.1) is 12.2 Å². The van der Waals surface area contributed by atoms with Crippen LogP contribution in [0.25, 0.3) is 16.2 Å². The van der Waals surface area contributed by atoms with Crippen LogP contribution < -0.4 is 4.90 Å². The molecule has 0 aliphatic rings. The predicted molar refractivity (Wildman–Crippen MR) is 127 cm³/mol. The van der Waals surface area contributed by atoms with Crippen molar-refractivity contribution >= 4 is 27.9 Å². The number of carbonyl (C=O) groups is 1. The fourth-order valence-electron chi connectivity index (χ4n) is 3.69. The SMILES string of the molecule is Cc1c(C(=O)N(Cc2ccccc2)c2ccccc2)sc2nc(-c3ccc(F)cc3)cn12. The molecule has 158 valence electrons. The molecule has 0 spiro atoms. The minimum Gasteiger partial charge on any atom is -0.303 e. The number of anilines is 1. The van der Waals surface area contributed by atoms with Gasteiger partial charge in [-0.2, -0.15) is 0 Å². The van der Waals surface area contributed by atoms with E-state index in [2.05, 4.69) is 4.98 Å². The smallest absolute Gasteiger partial charge is 0.270 e. The first-order valence-electron chi connectivity index (χ1n) is 10.3. The third-order valence-electron chi connectivity index (χ3n) is 5.39. The molecule has 0 unspecified atom stereocenters. The number of benzene rings is 3. The lowest BCUT2D eigenvalue weighted by Gasteiger charge is -2.22. The molecule has 0 bridgehead atoms. The van der Waals surface area contributed by atoms with Crippen molar-refractivity contribution in [3.63, 3.8) is 0 Å². The zero-order valence-electron chi connectivity index (χ0n) is 17.4. The quantitative estimate of drug-likeness (QED) is 0.318. The van der Waals surface area contributed by atoms with E-state index in [1.54, 1.807) is 17.0 Å². The molecular formula is C26H20FN3OS. The molecule has 0 fully saturated rings. The van der Waals surface area contributed by atoms with Gasteiger partial charge >= 0.3 is 0 Å². The topological polar surface area (TPSA) is 37.6 Å². The van der Waals surface area contributed by atoms with Crippen molar-refractivity contribution in [2.75, 3.05) is 4.90 Å². The summed E-state index contributed by atoms with van der Waals surface area (Å²) in [4.78, 5) is 21.6. The maximum atomic E-state index is 13.7. The Morgan fingerprint density at radius 3 is 2.28 bits per heavy atom. The predicted octanol–water partition coefficient (Wildman–Crippen LogP) is 6.36. The van der Waals surface area contributed by atoms with E-state index in [0.717, 1.165) is 33.2 Å². The van der Waals surface area contributed by atoms with Crippen LogP contribution in [0.3, 0.4) is 0 Å². The number of thiazole rings is 1. The van der Waals surface area contributed by atoms with E-state index in [0.29, 0.717) is 11.4 Å². The van der Waals surface area contributed by atoms with Gasteiger partial charge in [-0.1, -0.05) is 59.9 Å². The Kier molecular flexibility index (Phi) is 5.29. The van der Waals surface area contributed by atoms with E-state index in [4.69, 9.17) is 0 Å². The lowest BCUT2D eigenvalue weighted by Crippen LogP contribution is -2.30. The highest BCUT2D eigenvalue weighted by atomic mass is 32.1. The van der Waals surface area contributed by atoms with Gasteiger partial charge in [-0.3, -0.25) is 9.20 Å². The number of hydrogen-bond donors (Lipinski definition) is 0. The molecular weight excluding hydrogens is 421 g/mol. The van der Waals surface area contributed by atoms with Crippen LogP contribution in [0.5, 0.6) is 0 Å². The van der Waals surface area contributed by atoms with Crippen molar-refractivity contribution in [2.24, 2.45) is 0 Å². The Morgan fingerprint density at radius 1 is 0.969 bits per heavy atom. The Morgan fingerprint density at radius 2 is 1.62 bits per heavy atom. The molecule has 0 N–H and O–H groups in total. The van der Waals surface area contributed by atoms with E-state index in [1.165, 1.54) is 23.5 Å². The molecule has 1 amide bonds. The largest absolute Gasteiger partial charge is 0.303 e. The number of hydrogen-bond acceptors (Lipinski definition) is 3. The molecule has 6 heteroatoms. The summed E-state index contributed by atoms with van der Waals surface area (Å²) in [5.74, 6) is -0.338. The average molecular weight is 442 g/mol. The van der Waals surface area contributed by atoms with Gasteiger partial charge in [-0.15, -0.1) is 0 Å². The lowest BCUT2D eigenvalue weighted by atomic mass is 10.1. The van der Waals surface area contributed by atoms with Crippen molar-refractivity contribution in [1.82, 2.24) is 9.38 Å². The van der Waals surface area contributed by atoms with Crippen LogP contribution in [-0.4, -0.2) is 15.3 Å². The zero-order chi connectivity index (χ0) is 22.1. The molecule has 0 aliphatic heterocycles. The first-order chi connectivity index (χ1) is 15.6. The number of amides is 1. The molecule has 4 nitrogen and oxygen atoms in total. The van der Waals surface area contributed by atoms with Gasteiger partial charge in [0.2, 0.25) is 0 Å². The fourth-order valence-corrected chi connectivity index (χ4v) is 4.74. The van der Waals surface area contributed by atoms with E-state index in [-0.39, 0.29) is 11.7 Å². The van der Waals surface area contributed by atoms with Gasteiger partial charge in [0, 0.05) is 23.1 Å². The average Bonchev–Trinajstić information content (AvgIpc) is 3.38. The summed E-state index contributed by atoms with van der Waals surface area (Å²) < 4.78 is 15.2. The fraction of sp³-hybridized carbons (Fsp3) is 0.0769. The minimum atomic E-state index is -0.279. The maximum absolute atomic E-state index is 13.7. The number of rotatable bonds is 5. The van der Waals surface area contributed by atoms with Crippen molar-refractivity contribution < 1.29 is 9.18 Å². The highest BCUT2D eigenvalue weighted by Gasteiger charge is 2.24. The molecule has 0 saturated carbocycles. The summed E-state index contributed by atoms with van der Waals surface area (Å²) in [5, 5.41) is 0. The molecule has 0 atom stereocenters. The number of halogens is 1. The van der Waals surface area contributed by atoms with Crippen LogP contribution in [-0.2, 0) is 6.54 Å². The van der Waals surface area contributed by atoms with Crippen molar-refractivity contribution in [3.8, 4) is 11.3 Å². The summed E-state index contributed by atoms with van der Waals surface area (Å²) in [7, 11) is 0. The Labute approximate surface area is 189 Å². The molecule has 5 rings (SSSR count). The summed E-state index contributed by atoms with van der Waals surface area (Å²) in [6.07, 6.45) is 1.90. The van der Waals surface area contributed by atoms with Gasteiger partial charge in [0.15, 0.2) is 4.96 Å². The van der Waals surface area contributed by atoms with E-state index in [1.807, 2.05) is 78.2 Å². The molecule has 32 heavy (non-hydrogen) atoms. The summed E-state index contributed by atoms with van der Waals surface area (Å²) in [5.41, 5.74) is 4.33. The van der Waals surface area contributed by atoms with Gasteiger partial charge in [0.1, 0.15) is 10.7 Å². The normalized spacial score (nSPS) is 11.1. The Hall–Kier alpha value is -3.77. The third-order valence-corrected chi connectivity index (χ3v) is 6.53. The Bertz CT molecular complexity index is 1380. The minimum absolute atomic E-state index is 0.0589. The van der Waals surface area contributed by atoms with Crippen LogP contribution in [0.2, 0.25) is 0 Å². The summed E-state index contributed by atoms with van der Waals surface area (Å²) in [6.45, 7) is 2.41. The number of para-hydroxylation sites is 1. The van der Waals surface area contributed by atoms with Gasteiger partial charge in [-0.05, 0) is 48.9 Å². The second kappa shape index (κ2) is 8.40. The summed E-state index contributed by atoms with van der Waals surface area (Å²) in [6, 6.07) is 25.9. The molecule has 3 aromatic carbocycles. The van der Waals surface area contributed by atoms with E-state index < -0.39 is 0 Å². The van der Waals surface area contributed by atoms with Crippen LogP contribution >= 0.6 is 11.3 Å². The van der Waals surface area contributed by atoms with Gasteiger partial charge in [0.25, 0.3) is 5.91 Å². The first-order valence-corrected chi connectivity index (χ1v) is 11.1. The number of fused-ring (bicyclic) bond motifs is 1. The van der Waals surface area contributed by atoms with Crippen LogP contribution in [0, 0.1) is 12.7 Å². The number of carbonyl (C=O) groups excluding carboxylic acids is 1. The van der Waals surface area contributed by atoms with Crippen LogP contribution in [0.15, 0.2) is 91.1 Å². The lowest BCUT2D eigenvalue weighted by molar-refractivity contribution is 0.0988. The number of nitrogens with zero attached hydrogens (tertiary/aromatic N) is 3. The highest BCUT2D eigenvalue weighted by Crippen LogP contribution is 2.30. The monoisotopic (exact) mass is 441 g/mol. The molecule has 2 heterocycles. The zero-order valence-corrected chi connectivity index (χ0v) is 18.2. The Balaban J connectivity index is 1.52. The van der Waals surface area contributed by atoms with Crippen molar-refractivity contribution in [1.29, 1.82) is 0 Å². The second-order valence-electron chi connectivity index (χ2n) is 7.51. The molecule has 5 aromatic rings. The molecule has 0 saturated heterocycles. The van der Waals surface area contributed by atoms with Crippen molar-refractivity contribution in [3.05, 3.63) is 113 Å². The number of imidazole rings is 1. The van der Waals surface area contributed by atoms with Gasteiger partial charge < -0.3 is 4.90 Å². The molecule has 0 aliphatic carbocycles. The number of aromatic nitrogens is 2. The first kappa shape index (κ1) is 20.2. The standard InChI is InChI=1S/C26H20FN3OS/c1-18-24(32-26-28-23(17-29(18)26)20-12-14-21(27)15-13-20)25(31)30(22-10-6-3-7-11-22)16-19-8-4-2-5-9-19/h2-15,17H,16H2,1H3. The summed E-state index contributed by atoms with van der Waals surface area (Å²) >= 11 is 1.37. The number of aryl methyl sites for hydroxylation is 1. The third kappa shape index (κ3) is 3.81. The van der Waals surface area contributed by atoms with Crippen LogP contribution in [0.1, 0.15) is 20.9 Å². The molecule has 2 aromatic heterocycles. The second-order valence-corrected chi connectivity index (χ2v) is 8.49.